The standard InChI is InChI=1S/C17H23FN4O2/c18-17(5-1-6-17)15(23)22-9-10-24-14-12(3-4-13(14)22)11-21-16-19-7-2-8-20-16/h2,7-8,12-14H,1,3-6,9-11H2,(H,19,20,21). The van der Waals surface area contributed by atoms with Crippen LogP contribution in [0.15, 0.2) is 18.5 Å². The molecule has 1 saturated heterocycles. The summed E-state index contributed by atoms with van der Waals surface area (Å²) in [6.07, 6.45) is 6.75. The molecule has 2 heterocycles. The largest absolute Gasteiger partial charge is 0.374 e. The van der Waals surface area contributed by atoms with Gasteiger partial charge in [-0.15, -0.1) is 0 Å². The van der Waals surface area contributed by atoms with Crippen molar-refractivity contribution in [2.45, 2.75) is 49.9 Å². The lowest BCUT2D eigenvalue weighted by Gasteiger charge is -2.44. The van der Waals surface area contributed by atoms with Gasteiger partial charge in [-0.3, -0.25) is 4.79 Å². The molecule has 3 aliphatic rings. The van der Waals surface area contributed by atoms with E-state index in [2.05, 4.69) is 15.3 Å². The molecule has 2 saturated carbocycles. The maximum atomic E-state index is 14.5. The molecular weight excluding hydrogens is 311 g/mol. The maximum absolute atomic E-state index is 14.5. The zero-order valence-electron chi connectivity index (χ0n) is 13.7. The van der Waals surface area contributed by atoms with Gasteiger partial charge in [-0.2, -0.15) is 0 Å². The number of anilines is 1. The third-order valence-electron chi connectivity index (χ3n) is 5.60. The molecule has 0 aromatic carbocycles. The van der Waals surface area contributed by atoms with Crippen LogP contribution in [0.1, 0.15) is 32.1 Å². The molecule has 130 valence electrons. The zero-order chi connectivity index (χ0) is 16.6. The molecule has 0 spiro atoms. The first kappa shape index (κ1) is 15.7. The predicted octanol–water partition coefficient (Wildman–Crippen LogP) is 1.79. The van der Waals surface area contributed by atoms with Crippen LogP contribution in [0.4, 0.5) is 10.3 Å². The minimum absolute atomic E-state index is 0.00275. The van der Waals surface area contributed by atoms with Crippen LogP contribution >= 0.6 is 0 Å². The van der Waals surface area contributed by atoms with E-state index >= 15 is 0 Å². The number of halogens is 1. The number of morpholine rings is 1. The summed E-state index contributed by atoms with van der Waals surface area (Å²) in [5, 5.41) is 3.24. The average molecular weight is 334 g/mol. The number of alkyl halides is 1. The second-order valence-corrected chi connectivity index (χ2v) is 7.01. The van der Waals surface area contributed by atoms with E-state index in [1.807, 2.05) is 0 Å². The van der Waals surface area contributed by atoms with E-state index in [4.69, 9.17) is 4.74 Å². The van der Waals surface area contributed by atoms with Crippen molar-refractivity contribution in [3.8, 4) is 0 Å². The number of nitrogens with one attached hydrogen (secondary N) is 1. The highest BCUT2D eigenvalue weighted by molar-refractivity contribution is 5.86. The molecule has 3 fully saturated rings. The molecule has 6 nitrogen and oxygen atoms in total. The first-order valence-corrected chi connectivity index (χ1v) is 8.80. The van der Waals surface area contributed by atoms with Gasteiger partial charge in [0.05, 0.1) is 18.8 Å². The van der Waals surface area contributed by atoms with Crippen LogP contribution in [-0.4, -0.2) is 58.3 Å². The van der Waals surface area contributed by atoms with Crippen LogP contribution in [0.5, 0.6) is 0 Å². The lowest BCUT2D eigenvalue weighted by atomic mass is 9.80. The number of hydrogen-bond donors (Lipinski definition) is 1. The third-order valence-corrected chi connectivity index (χ3v) is 5.60. The first-order valence-electron chi connectivity index (χ1n) is 8.80. The van der Waals surface area contributed by atoms with Gasteiger partial charge in [0.2, 0.25) is 5.95 Å². The van der Waals surface area contributed by atoms with E-state index in [-0.39, 0.29) is 24.0 Å². The summed E-state index contributed by atoms with van der Waals surface area (Å²) in [6.45, 7) is 1.70. The molecule has 2 aliphatic carbocycles. The van der Waals surface area contributed by atoms with Crippen molar-refractivity contribution in [1.82, 2.24) is 14.9 Å². The van der Waals surface area contributed by atoms with Gasteiger partial charge in [-0.05, 0) is 38.2 Å². The van der Waals surface area contributed by atoms with Crippen LogP contribution in [-0.2, 0) is 9.53 Å². The molecule has 0 bridgehead atoms. The third kappa shape index (κ3) is 2.75. The quantitative estimate of drug-likeness (QED) is 0.909. The number of aromatic nitrogens is 2. The maximum Gasteiger partial charge on any atom is 0.260 e. The summed E-state index contributed by atoms with van der Waals surface area (Å²) in [4.78, 5) is 22.7. The number of rotatable bonds is 4. The van der Waals surface area contributed by atoms with Gasteiger partial charge in [0.1, 0.15) is 0 Å². The molecule has 1 aromatic rings. The lowest BCUT2D eigenvalue weighted by Crippen LogP contribution is -2.59. The number of fused-ring (bicyclic) bond motifs is 1. The van der Waals surface area contributed by atoms with Crippen LogP contribution in [0.2, 0.25) is 0 Å². The van der Waals surface area contributed by atoms with Crippen LogP contribution in [0.25, 0.3) is 0 Å². The Morgan fingerprint density at radius 3 is 2.88 bits per heavy atom. The Bertz CT molecular complexity index is 596. The number of amides is 1. The Morgan fingerprint density at radius 1 is 1.38 bits per heavy atom. The normalized spacial score (nSPS) is 31.2. The van der Waals surface area contributed by atoms with E-state index in [1.54, 1.807) is 23.4 Å². The number of hydrogen-bond acceptors (Lipinski definition) is 5. The van der Waals surface area contributed by atoms with Crippen molar-refractivity contribution in [1.29, 1.82) is 0 Å². The zero-order valence-corrected chi connectivity index (χ0v) is 13.7. The Balaban J connectivity index is 1.40. The van der Waals surface area contributed by atoms with Crippen molar-refractivity contribution in [3.05, 3.63) is 18.5 Å². The van der Waals surface area contributed by atoms with Crippen molar-refractivity contribution in [3.63, 3.8) is 0 Å². The SMILES string of the molecule is O=C(N1CCOC2C(CNc3ncccn3)CCC21)C1(F)CCC1. The van der Waals surface area contributed by atoms with Crippen molar-refractivity contribution in [2.24, 2.45) is 5.92 Å². The fraction of sp³-hybridized carbons (Fsp3) is 0.706. The summed E-state index contributed by atoms with van der Waals surface area (Å²) in [5.74, 6) is 0.570. The molecule has 0 radical (unpaired) electrons. The molecule has 1 N–H and O–H groups in total. The fourth-order valence-electron chi connectivity index (χ4n) is 4.10. The Morgan fingerprint density at radius 2 is 2.17 bits per heavy atom. The average Bonchev–Trinajstić information content (AvgIpc) is 3.01. The molecule has 1 aromatic heterocycles. The molecule has 3 unspecified atom stereocenters. The monoisotopic (exact) mass is 334 g/mol. The minimum Gasteiger partial charge on any atom is -0.374 e. The number of nitrogens with zero attached hydrogens (tertiary/aromatic N) is 3. The highest BCUT2D eigenvalue weighted by Crippen LogP contribution is 2.41. The van der Waals surface area contributed by atoms with Crippen LogP contribution in [0, 0.1) is 5.92 Å². The first-order chi connectivity index (χ1) is 11.7. The van der Waals surface area contributed by atoms with Crippen molar-refractivity contribution in [2.75, 3.05) is 25.0 Å². The number of carbonyl (C=O) groups is 1. The molecule has 1 aliphatic heterocycles. The van der Waals surface area contributed by atoms with Crippen LogP contribution < -0.4 is 5.32 Å². The van der Waals surface area contributed by atoms with Crippen LogP contribution in [0.3, 0.4) is 0 Å². The Kier molecular flexibility index (Phi) is 4.12. The topological polar surface area (TPSA) is 67.3 Å². The van der Waals surface area contributed by atoms with Crippen molar-refractivity contribution < 1.29 is 13.9 Å². The molecule has 1 amide bonds. The molecule has 4 rings (SSSR count). The number of carbonyl (C=O) groups excluding carboxylic acids is 1. The molecular formula is C17H23FN4O2. The van der Waals surface area contributed by atoms with Gasteiger partial charge in [-0.25, -0.2) is 14.4 Å². The second kappa shape index (κ2) is 6.27. The highest BCUT2D eigenvalue weighted by Gasteiger charge is 2.52. The van der Waals surface area contributed by atoms with E-state index < -0.39 is 5.67 Å². The Labute approximate surface area is 140 Å². The predicted molar refractivity (Wildman–Crippen MR) is 86.2 cm³/mol. The highest BCUT2D eigenvalue weighted by atomic mass is 19.1. The van der Waals surface area contributed by atoms with E-state index in [1.165, 1.54) is 0 Å². The summed E-state index contributed by atoms with van der Waals surface area (Å²) < 4.78 is 20.5. The molecule has 3 atom stereocenters. The van der Waals surface area contributed by atoms with Gasteiger partial charge >= 0.3 is 0 Å². The summed E-state index contributed by atoms with van der Waals surface area (Å²) >= 11 is 0. The summed E-state index contributed by atoms with van der Waals surface area (Å²) in [7, 11) is 0. The molecule has 7 heteroatoms. The minimum atomic E-state index is -1.61. The van der Waals surface area contributed by atoms with Gasteiger partial charge in [0, 0.05) is 31.4 Å². The second-order valence-electron chi connectivity index (χ2n) is 7.01. The van der Waals surface area contributed by atoms with Gasteiger partial charge in [0.15, 0.2) is 5.67 Å². The Hall–Kier alpha value is -1.76. The van der Waals surface area contributed by atoms with E-state index in [9.17, 15) is 9.18 Å². The summed E-state index contributed by atoms with van der Waals surface area (Å²) in [6, 6.07) is 1.78. The lowest BCUT2D eigenvalue weighted by molar-refractivity contribution is -0.163. The number of ether oxygens (including phenoxy) is 1. The van der Waals surface area contributed by atoms with E-state index in [0.29, 0.717) is 38.5 Å². The van der Waals surface area contributed by atoms with Gasteiger partial charge < -0.3 is 15.0 Å². The van der Waals surface area contributed by atoms with Crippen molar-refractivity contribution >= 4 is 11.9 Å². The van der Waals surface area contributed by atoms with Gasteiger partial charge in [0.25, 0.3) is 5.91 Å². The van der Waals surface area contributed by atoms with E-state index in [0.717, 1.165) is 19.3 Å². The smallest absolute Gasteiger partial charge is 0.260 e. The fourth-order valence-corrected chi connectivity index (χ4v) is 4.10. The summed E-state index contributed by atoms with van der Waals surface area (Å²) in [5.41, 5.74) is -1.61. The van der Waals surface area contributed by atoms with Gasteiger partial charge in [-0.1, -0.05) is 0 Å². The molecule has 24 heavy (non-hydrogen) atoms.